The van der Waals surface area contributed by atoms with Crippen LogP contribution in [-0.4, -0.2) is 51.4 Å². The number of nitrogen functional groups attached to an aromatic ring is 1. The van der Waals surface area contributed by atoms with Gasteiger partial charge < -0.3 is 19.9 Å². The first kappa shape index (κ1) is 12.9. The highest BCUT2D eigenvalue weighted by Crippen LogP contribution is 2.25. The van der Waals surface area contributed by atoms with E-state index in [4.69, 9.17) is 15.0 Å². The Morgan fingerprint density at radius 2 is 1.95 bits per heavy atom. The standard InChI is InChI=1S/C13H13N7O2/c14-13-18-11-10(12(19-13)20-1-3-21-4-2-20)17-9(6-15-11)8-5-16-22-7-8/h5-7H,1-4H2,(H2,14,15,18,19). The van der Waals surface area contributed by atoms with Crippen molar-refractivity contribution in [2.75, 3.05) is 36.9 Å². The van der Waals surface area contributed by atoms with Gasteiger partial charge in [-0.1, -0.05) is 5.16 Å². The minimum absolute atomic E-state index is 0.181. The molecule has 0 atom stereocenters. The first-order chi connectivity index (χ1) is 10.8. The lowest BCUT2D eigenvalue weighted by Gasteiger charge is -2.28. The minimum Gasteiger partial charge on any atom is -0.378 e. The van der Waals surface area contributed by atoms with Crippen LogP contribution in [0, 0.1) is 0 Å². The summed E-state index contributed by atoms with van der Waals surface area (Å²) >= 11 is 0. The number of aromatic nitrogens is 5. The molecule has 4 rings (SSSR count). The van der Waals surface area contributed by atoms with Gasteiger partial charge in [0.05, 0.1) is 36.9 Å². The topological polar surface area (TPSA) is 116 Å². The maximum absolute atomic E-state index is 5.79. The third-order valence-electron chi connectivity index (χ3n) is 3.44. The van der Waals surface area contributed by atoms with Gasteiger partial charge in [-0.15, -0.1) is 0 Å². The average molecular weight is 299 g/mol. The number of ether oxygens (including phenoxy) is 1. The zero-order chi connectivity index (χ0) is 14.9. The number of nitrogens with zero attached hydrogens (tertiary/aromatic N) is 6. The van der Waals surface area contributed by atoms with Crippen molar-refractivity contribution in [3.8, 4) is 11.3 Å². The lowest BCUT2D eigenvalue weighted by Crippen LogP contribution is -2.37. The van der Waals surface area contributed by atoms with E-state index in [1.54, 1.807) is 12.4 Å². The molecule has 9 heteroatoms. The van der Waals surface area contributed by atoms with Crippen LogP contribution in [0.3, 0.4) is 0 Å². The Balaban J connectivity index is 1.87. The summed E-state index contributed by atoms with van der Waals surface area (Å²) in [5.41, 5.74) is 8.26. The van der Waals surface area contributed by atoms with Crippen molar-refractivity contribution < 1.29 is 9.26 Å². The molecule has 3 aromatic heterocycles. The summed E-state index contributed by atoms with van der Waals surface area (Å²) in [7, 11) is 0. The number of hydrogen-bond donors (Lipinski definition) is 1. The maximum Gasteiger partial charge on any atom is 0.224 e. The Morgan fingerprint density at radius 3 is 2.73 bits per heavy atom. The lowest BCUT2D eigenvalue weighted by atomic mass is 10.2. The van der Waals surface area contributed by atoms with Gasteiger partial charge in [0.15, 0.2) is 17.0 Å². The molecule has 2 N–H and O–H groups in total. The van der Waals surface area contributed by atoms with Crippen LogP contribution in [0.25, 0.3) is 22.4 Å². The Hall–Kier alpha value is -2.81. The number of fused-ring (bicyclic) bond motifs is 1. The second-order valence-corrected chi connectivity index (χ2v) is 4.85. The van der Waals surface area contributed by atoms with Crippen molar-refractivity contribution in [3.63, 3.8) is 0 Å². The van der Waals surface area contributed by atoms with Crippen LogP contribution >= 0.6 is 0 Å². The fourth-order valence-corrected chi connectivity index (χ4v) is 2.38. The normalized spacial score (nSPS) is 15.4. The van der Waals surface area contributed by atoms with Crippen LogP contribution in [-0.2, 0) is 4.74 Å². The highest BCUT2D eigenvalue weighted by molar-refractivity contribution is 5.85. The number of morpholine rings is 1. The number of anilines is 2. The Labute approximate surface area is 125 Å². The molecule has 0 aliphatic carbocycles. The summed E-state index contributed by atoms with van der Waals surface area (Å²) in [6.45, 7) is 2.74. The summed E-state index contributed by atoms with van der Waals surface area (Å²) < 4.78 is 10.2. The third kappa shape index (κ3) is 2.21. The molecule has 1 fully saturated rings. The second kappa shape index (κ2) is 5.19. The van der Waals surface area contributed by atoms with Crippen molar-refractivity contribution in [3.05, 3.63) is 18.7 Å². The zero-order valence-corrected chi connectivity index (χ0v) is 11.6. The molecule has 0 unspecified atom stereocenters. The van der Waals surface area contributed by atoms with Gasteiger partial charge in [-0.3, -0.25) is 0 Å². The van der Waals surface area contributed by atoms with Gasteiger partial charge in [-0.2, -0.15) is 9.97 Å². The molecule has 22 heavy (non-hydrogen) atoms. The molecule has 112 valence electrons. The molecule has 0 spiro atoms. The van der Waals surface area contributed by atoms with Crippen LogP contribution in [0.2, 0.25) is 0 Å². The molecule has 3 aromatic rings. The molecule has 0 bridgehead atoms. The smallest absolute Gasteiger partial charge is 0.224 e. The van der Waals surface area contributed by atoms with Crippen molar-refractivity contribution in [1.29, 1.82) is 0 Å². The van der Waals surface area contributed by atoms with E-state index in [2.05, 4.69) is 30.0 Å². The van der Waals surface area contributed by atoms with Crippen molar-refractivity contribution in [1.82, 2.24) is 25.1 Å². The van der Waals surface area contributed by atoms with Crippen molar-refractivity contribution in [2.45, 2.75) is 0 Å². The molecule has 1 aliphatic heterocycles. The SMILES string of the molecule is Nc1nc(N2CCOCC2)c2nc(-c3cnoc3)cnc2n1. The van der Waals surface area contributed by atoms with Crippen LogP contribution in [0.1, 0.15) is 0 Å². The summed E-state index contributed by atoms with van der Waals surface area (Å²) in [5.74, 6) is 0.859. The van der Waals surface area contributed by atoms with Crippen LogP contribution in [0.4, 0.5) is 11.8 Å². The van der Waals surface area contributed by atoms with E-state index < -0.39 is 0 Å². The predicted molar refractivity (Wildman–Crippen MR) is 78.1 cm³/mol. The van der Waals surface area contributed by atoms with E-state index in [0.29, 0.717) is 35.9 Å². The van der Waals surface area contributed by atoms with Crippen LogP contribution in [0.15, 0.2) is 23.2 Å². The van der Waals surface area contributed by atoms with E-state index >= 15 is 0 Å². The highest BCUT2D eigenvalue weighted by atomic mass is 16.5. The average Bonchev–Trinajstić information content (AvgIpc) is 3.09. The summed E-state index contributed by atoms with van der Waals surface area (Å²) in [5, 5.41) is 3.68. The summed E-state index contributed by atoms with van der Waals surface area (Å²) in [6, 6.07) is 0. The molecule has 4 heterocycles. The fraction of sp³-hybridized carbons (Fsp3) is 0.308. The Bertz CT molecular complexity index is 800. The van der Waals surface area contributed by atoms with Gasteiger partial charge in [0.1, 0.15) is 6.26 Å². The van der Waals surface area contributed by atoms with Gasteiger partial charge in [0.25, 0.3) is 0 Å². The lowest BCUT2D eigenvalue weighted by molar-refractivity contribution is 0.122. The second-order valence-electron chi connectivity index (χ2n) is 4.85. The first-order valence-corrected chi connectivity index (χ1v) is 6.84. The molecule has 0 amide bonds. The monoisotopic (exact) mass is 299 g/mol. The molecule has 0 radical (unpaired) electrons. The van der Waals surface area contributed by atoms with E-state index in [9.17, 15) is 0 Å². The Kier molecular flexibility index (Phi) is 3.04. The fourth-order valence-electron chi connectivity index (χ4n) is 2.38. The van der Waals surface area contributed by atoms with Gasteiger partial charge >= 0.3 is 0 Å². The zero-order valence-electron chi connectivity index (χ0n) is 11.6. The molecule has 0 aromatic carbocycles. The van der Waals surface area contributed by atoms with Gasteiger partial charge in [0, 0.05) is 13.1 Å². The predicted octanol–water partition coefficient (Wildman–Crippen LogP) is 0.494. The molecule has 0 saturated carbocycles. The summed E-state index contributed by atoms with van der Waals surface area (Å²) in [6.07, 6.45) is 4.72. The van der Waals surface area contributed by atoms with E-state index in [0.717, 1.165) is 18.7 Å². The largest absolute Gasteiger partial charge is 0.378 e. The minimum atomic E-state index is 0.181. The van der Waals surface area contributed by atoms with Crippen LogP contribution < -0.4 is 10.6 Å². The van der Waals surface area contributed by atoms with Gasteiger partial charge in [-0.25, -0.2) is 9.97 Å². The summed E-state index contributed by atoms with van der Waals surface area (Å²) in [4.78, 5) is 19.5. The highest BCUT2D eigenvalue weighted by Gasteiger charge is 2.19. The van der Waals surface area contributed by atoms with Crippen molar-refractivity contribution >= 4 is 22.9 Å². The van der Waals surface area contributed by atoms with Crippen molar-refractivity contribution in [2.24, 2.45) is 0 Å². The van der Waals surface area contributed by atoms with Gasteiger partial charge in [0.2, 0.25) is 5.95 Å². The quantitative estimate of drug-likeness (QED) is 0.721. The maximum atomic E-state index is 5.79. The number of rotatable bonds is 2. The molecule has 1 saturated heterocycles. The van der Waals surface area contributed by atoms with E-state index in [1.165, 1.54) is 6.26 Å². The first-order valence-electron chi connectivity index (χ1n) is 6.84. The third-order valence-corrected chi connectivity index (χ3v) is 3.44. The van der Waals surface area contributed by atoms with Gasteiger partial charge in [-0.05, 0) is 0 Å². The molecular formula is C13H13N7O2. The molecular weight excluding hydrogens is 286 g/mol. The van der Waals surface area contributed by atoms with Crippen LogP contribution in [0.5, 0.6) is 0 Å². The van der Waals surface area contributed by atoms with E-state index in [-0.39, 0.29) is 5.95 Å². The molecule has 9 nitrogen and oxygen atoms in total. The Morgan fingerprint density at radius 1 is 1.09 bits per heavy atom. The van der Waals surface area contributed by atoms with E-state index in [1.807, 2.05) is 0 Å². The molecule has 1 aliphatic rings. The number of nitrogens with two attached hydrogens (primary N) is 1. The number of hydrogen-bond acceptors (Lipinski definition) is 9.